The number of unbranched alkanes of at least 4 members (excludes halogenated alkanes) is 2. The number of primary amides is 1. The molecular formula is C63H94N8O16. The highest BCUT2D eigenvalue weighted by Crippen LogP contribution is 2.37. The van der Waals surface area contributed by atoms with E-state index in [2.05, 4.69) is 34.3 Å². The minimum absolute atomic E-state index is 0.0445. The summed E-state index contributed by atoms with van der Waals surface area (Å²) in [6.07, 6.45) is 11.4. The number of carbonyl (C=O) groups is 9. The molecule has 24 nitrogen and oxygen atoms in total. The standard InChI is InChI=1S/C63H94N8O16/c1-10-48(73)43(7)57-49(85-57)36-40(4)16-14-17-41(5)56-42(6)20-25-50(63(8,83-9)29-28-46(72)37-54(77)87-56)86-62(82)70-34-32-69(33-35-70)61(81)84-38-44-21-23-45(24-22-44)66-58(78)47(18-15-30-65-60(64)80)67-59(79)55(39(2)3)68-51(74)19-12-11-13-31-71-52(75)26-27-53(71)76/h14,16-17,20-27,39-40,42-43,46-50,55-57,72-73H,10-13,15,18-19,28-38H2,1-9H3,(H,66,78)(H,67,79)(H,68,74)(H3,64,65,80)/b16-14+,25-20+,41-17+/t40?,42-,43?,46+,47?,48?,49+,50-,55?,56+,57+,63+/m0/s1. The average molecular weight is 1220 g/mol. The topological polar surface area (TPSA) is 327 Å². The summed E-state index contributed by atoms with van der Waals surface area (Å²) in [6, 6.07) is 3.74. The number of nitrogens with zero attached hydrogens (tertiary/aromatic N) is 3. The SMILES string of the molecule is CCC(O)C(C)[C@H]1O[C@@H]1CC(C)/C=C/C=C(\C)[C@H]1OC(=O)C[C@H](O)CC[C@@](C)(OC)[C@@H](OC(=O)N2CCN(C(=O)OCc3ccc(NC(=O)C(CCCNC(N)=O)NC(=O)C(NC(=O)CCCCCN4C(=O)C=CC4=O)C(C)C)cc3)CC2)/C=C/[C@@H]1C. The third-order valence-electron chi connectivity index (χ3n) is 16.4. The number of piperazine rings is 1. The Kier molecular flexibility index (Phi) is 27.9. The van der Waals surface area contributed by atoms with Gasteiger partial charge in [0.1, 0.15) is 30.4 Å². The number of ether oxygens (including phenoxy) is 5. The quantitative estimate of drug-likeness (QED) is 0.0101. The molecule has 4 heterocycles. The molecule has 0 aliphatic carbocycles. The number of hydrogen-bond donors (Lipinski definition) is 7. The summed E-state index contributed by atoms with van der Waals surface area (Å²) in [5, 5.41) is 32.0. The smallest absolute Gasteiger partial charge is 0.410 e. The van der Waals surface area contributed by atoms with Crippen LogP contribution in [0.1, 0.15) is 132 Å². The first-order valence-corrected chi connectivity index (χ1v) is 30.6. The van der Waals surface area contributed by atoms with Gasteiger partial charge in [-0.25, -0.2) is 14.4 Å². The molecule has 0 aromatic heterocycles. The molecule has 4 aliphatic heterocycles. The van der Waals surface area contributed by atoms with Crippen molar-refractivity contribution in [3.05, 3.63) is 77.9 Å². The minimum atomic E-state index is -1.10. The van der Waals surface area contributed by atoms with Crippen molar-refractivity contribution in [1.29, 1.82) is 0 Å². The number of rotatable bonds is 28. The zero-order valence-electron chi connectivity index (χ0n) is 52.0. The number of aliphatic hydroxyl groups excluding tert-OH is 2. The van der Waals surface area contributed by atoms with Crippen molar-refractivity contribution in [2.45, 2.75) is 187 Å². The summed E-state index contributed by atoms with van der Waals surface area (Å²) in [4.78, 5) is 120. The van der Waals surface area contributed by atoms with Crippen LogP contribution in [0.3, 0.4) is 0 Å². The van der Waals surface area contributed by atoms with E-state index in [1.165, 1.54) is 29.1 Å². The predicted octanol–water partition coefficient (Wildman–Crippen LogP) is 5.70. The Morgan fingerprint density at radius 2 is 1.56 bits per heavy atom. The molecule has 0 bridgehead atoms. The third kappa shape index (κ3) is 22.5. The van der Waals surface area contributed by atoms with Gasteiger partial charge in [-0.3, -0.25) is 33.7 Å². The highest BCUT2D eigenvalue weighted by atomic mass is 16.6. The van der Waals surface area contributed by atoms with Crippen molar-refractivity contribution >= 4 is 59.4 Å². The largest absolute Gasteiger partial charge is 0.457 e. The number of urea groups is 1. The van der Waals surface area contributed by atoms with E-state index in [-0.39, 0.29) is 138 Å². The number of epoxide rings is 1. The van der Waals surface area contributed by atoms with Crippen molar-refractivity contribution < 1.29 is 77.0 Å². The summed E-state index contributed by atoms with van der Waals surface area (Å²) in [5.41, 5.74) is 5.88. The molecule has 12 atom stereocenters. The van der Waals surface area contributed by atoms with Crippen molar-refractivity contribution in [3.8, 4) is 0 Å². The molecule has 87 heavy (non-hydrogen) atoms. The van der Waals surface area contributed by atoms with E-state index in [1.54, 1.807) is 51.1 Å². The number of benzene rings is 1. The van der Waals surface area contributed by atoms with Crippen LogP contribution in [0.15, 0.2) is 72.4 Å². The Morgan fingerprint density at radius 3 is 2.20 bits per heavy atom. The molecule has 8 N–H and O–H groups in total. The highest BCUT2D eigenvalue weighted by Gasteiger charge is 2.45. The maximum atomic E-state index is 13.9. The van der Waals surface area contributed by atoms with E-state index in [9.17, 15) is 53.4 Å². The van der Waals surface area contributed by atoms with Gasteiger partial charge < -0.3 is 70.7 Å². The first-order chi connectivity index (χ1) is 41.3. The Labute approximate surface area is 511 Å². The summed E-state index contributed by atoms with van der Waals surface area (Å²) in [7, 11) is 1.50. The number of methoxy groups -OCH3 is 1. The maximum absolute atomic E-state index is 13.9. The van der Waals surface area contributed by atoms with Gasteiger partial charge in [0, 0.05) is 82.5 Å². The van der Waals surface area contributed by atoms with Crippen LogP contribution in [-0.4, -0.2) is 179 Å². The molecule has 5 unspecified atom stereocenters. The summed E-state index contributed by atoms with van der Waals surface area (Å²) >= 11 is 0. The van der Waals surface area contributed by atoms with Crippen molar-refractivity contribution in [3.63, 3.8) is 0 Å². The van der Waals surface area contributed by atoms with Crippen LogP contribution >= 0.6 is 0 Å². The number of nitrogens with two attached hydrogens (primary N) is 1. The van der Waals surface area contributed by atoms with Gasteiger partial charge in [0.05, 0.1) is 30.8 Å². The van der Waals surface area contributed by atoms with Crippen LogP contribution in [0.25, 0.3) is 0 Å². The fourth-order valence-electron chi connectivity index (χ4n) is 10.6. The molecule has 9 amide bonds. The van der Waals surface area contributed by atoms with E-state index in [4.69, 9.17) is 29.4 Å². The second-order valence-electron chi connectivity index (χ2n) is 23.8. The summed E-state index contributed by atoms with van der Waals surface area (Å²) < 4.78 is 29.7. The number of aliphatic hydroxyl groups is 2. The van der Waals surface area contributed by atoms with Gasteiger partial charge >= 0.3 is 24.2 Å². The van der Waals surface area contributed by atoms with Crippen molar-refractivity contribution in [1.82, 2.24) is 30.7 Å². The molecule has 0 saturated carbocycles. The third-order valence-corrected chi connectivity index (χ3v) is 16.4. The van der Waals surface area contributed by atoms with Gasteiger partial charge in [0.15, 0.2) is 6.10 Å². The van der Waals surface area contributed by atoms with E-state index in [0.29, 0.717) is 36.9 Å². The second-order valence-corrected chi connectivity index (χ2v) is 23.8. The second kappa shape index (κ2) is 34.4. The molecule has 0 spiro atoms. The Balaban J connectivity index is 1.11. The Morgan fingerprint density at radius 1 is 0.897 bits per heavy atom. The Hall–Kier alpha value is -7.15. The number of anilines is 1. The molecule has 482 valence electrons. The van der Waals surface area contributed by atoms with Crippen LogP contribution in [0, 0.1) is 23.7 Å². The highest BCUT2D eigenvalue weighted by molar-refractivity contribution is 6.12. The van der Waals surface area contributed by atoms with Gasteiger partial charge in [0.25, 0.3) is 11.8 Å². The van der Waals surface area contributed by atoms with Crippen LogP contribution in [0.5, 0.6) is 0 Å². The van der Waals surface area contributed by atoms with Crippen molar-refractivity contribution in [2.24, 2.45) is 29.4 Å². The van der Waals surface area contributed by atoms with E-state index < -0.39 is 78.1 Å². The van der Waals surface area contributed by atoms with Gasteiger partial charge in [-0.05, 0) is 106 Å². The number of cyclic esters (lactones) is 1. The molecule has 1 aromatic rings. The molecule has 2 fully saturated rings. The van der Waals surface area contributed by atoms with E-state index in [1.807, 2.05) is 45.9 Å². The Bertz CT molecular complexity index is 2620. The zero-order valence-corrected chi connectivity index (χ0v) is 52.0. The summed E-state index contributed by atoms with van der Waals surface area (Å²) in [5.74, 6) is -3.28. The number of hydrogen-bond acceptors (Lipinski definition) is 16. The normalized spacial score (nSPS) is 24.9. The average Bonchev–Trinajstić information content (AvgIpc) is 2.97. The van der Waals surface area contributed by atoms with Crippen LogP contribution in [0.2, 0.25) is 0 Å². The first-order valence-electron chi connectivity index (χ1n) is 30.6. The molecule has 0 radical (unpaired) electrons. The number of amides is 9. The van der Waals surface area contributed by atoms with Crippen LogP contribution < -0.4 is 27.0 Å². The summed E-state index contributed by atoms with van der Waals surface area (Å²) in [6.45, 7) is 16.0. The molecule has 24 heteroatoms. The van der Waals surface area contributed by atoms with Gasteiger partial charge in [0.2, 0.25) is 17.7 Å². The maximum Gasteiger partial charge on any atom is 0.410 e. The molecule has 1 aromatic carbocycles. The first kappa shape index (κ1) is 70.6. The van der Waals surface area contributed by atoms with Crippen LogP contribution in [0.4, 0.5) is 20.1 Å². The van der Waals surface area contributed by atoms with Gasteiger partial charge in [-0.15, -0.1) is 0 Å². The fourth-order valence-corrected chi connectivity index (χ4v) is 10.6. The fraction of sp³-hybridized carbons (Fsp3) is 0.635. The van der Waals surface area contributed by atoms with Crippen molar-refractivity contribution in [2.75, 3.05) is 51.7 Å². The van der Waals surface area contributed by atoms with Gasteiger partial charge in [-0.1, -0.05) is 84.4 Å². The minimum Gasteiger partial charge on any atom is -0.457 e. The van der Waals surface area contributed by atoms with E-state index >= 15 is 0 Å². The number of carbonyl (C=O) groups excluding carboxylic acids is 9. The number of esters is 1. The predicted molar refractivity (Wildman–Crippen MR) is 323 cm³/mol. The zero-order chi connectivity index (χ0) is 64.0. The molecule has 4 aliphatic rings. The lowest BCUT2D eigenvalue weighted by atomic mass is 9.88. The molecule has 2 saturated heterocycles. The lowest BCUT2D eigenvalue weighted by molar-refractivity contribution is -0.151. The van der Waals surface area contributed by atoms with Crippen LogP contribution in [-0.2, 0) is 59.1 Å². The van der Waals surface area contributed by atoms with E-state index in [0.717, 1.165) is 16.9 Å². The monoisotopic (exact) mass is 1220 g/mol. The lowest BCUT2D eigenvalue weighted by Crippen LogP contribution is -2.54. The lowest BCUT2D eigenvalue weighted by Gasteiger charge is -2.38. The van der Waals surface area contributed by atoms with Gasteiger partial charge in [-0.2, -0.15) is 0 Å². The molecular weight excluding hydrogens is 1120 g/mol. The number of nitrogens with one attached hydrogen (secondary N) is 4. The molecule has 5 rings (SSSR count). The number of imide groups is 1. The number of allylic oxidation sites excluding steroid dienone is 3.